The molecule has 3 heterocycles. The van der Waals surface area contributed by atoms with E-state index in [9.17, 15) is 9.90 Å². The number of carbonyl (C=O) groups excluding carboxylic acids is 1. The van der Waals surface area contributed by atoms with Gasteiger partial charge in [-0.3, -0.25) is 10.2 Å². The molecule has 0 spiro atoms. The molecule has 2 aliphatic rings. The van der Waals surface area contributed by atoms with Gasteiger partial charge in [-0.25, -0.2) is 14.8 Å². The van der Waals surface area contributed by atoms with Crippen molar-refractivity contribution in [3.05, 3.63) is 36.2 Å². The molecule has 186 valence electrons. The lowest BCUT2D eigenvalue weighted by Gasteiger charge is -2.25. The summed E-state index contributed by atoms with van der Waals surface area (Å²) in [7, 11) is 1.61. The quantitative estimate of drug-likeness (QED) is 0.414. The van der Waals surface area contributed by atoms with E-state index in [4.69, 9.17) is 14.5 Å². The number of anilines is 3. The first-order valence-corrected chi connectivity index (χ1v) is 11.9. The van der Waals surface area contributed by atoms with E-state index in [1.807, 2.05) is 32.9 Å². The Kier molecular flexibility index (Phi) is 5.97. The normalized spacial score (nSPS) is 16.7. The van der Waals surface area contributed by atoms with Gasteiger partial charge < -0.3 is 19.9 Å². The molecule has 3 aromatic rings. The monoisotopic (exact) mass is 481 g/mol. The van der Waals surface area contributed by atoms with Crippen LogP contribution >= 0.6 is 0 Å². The number of amides is 1. The third-order valence-corrected chi connectivity index (χ3v) is 5.59. The van der Waals surface area contributed by atoms with E-state index in [1.165, 1.54) is 9.42 Å². The molecular formula is C24H31N7O4. The molecule has 2 saturated carbocycles. The van der Waals surface area contributed by atoms with Crippen molar-refractivity contribution in [2.45, 2.75) is 70.4 Å². The predicted molar refractivity (Wildman–Crippen MR) is 130 cm³/mol. The van der Waals surface area contributed by atoms with Gasteiger partial charge in [-0.1, -0.05) is 0 Å². The highest BCUT2D eigenvalue weighted by molar-refractivity contribution is 5.87. The third-order valence-electron chi connectivity index (χ3n) is 5.59. The summed E-state index contributed by atoms with van der Waals surface area (Å²) in [5.41, 5.74) is 0.915. The summed E-state index contributed by atoms with van der Waals surface area (Å²) >= 11 is 0. The van der Waals surface area contributed by atoms with Crippen LogP contribution in [0.5, 0.6) is 5.88 Å². The van der Waals surface area contributed by atoms with Crippen molar-refractivity contribution in [1.29, 1.82) is 0 Å². The Morgan fingerprint density at radius 3 is 2.74 bits per heavy atom. The fraction of sp³-hybridized carbons (Fsp3) is 0.500. The van der Waals surface area contributed by atoms with Crippen LogP contribution in [0.15, 0.2) is 30.6 Å². The van der Waals surface area contributed by atoms with E-state index < -0.39 is 17.9 Å². The lowest BCUT2D eigenvalue weighted by atomic mass is 10.2. The van der Waals surface area contributed by atoms with Crippen molar-refractivity contribution in [1.82, 2.24) is 24.9 Å². The summed E-state index contributed by atoms with van der Waals surface area (Å²) in [5, 5.41) is 21.6. The number of pyridine rings is 1. The molecule has 5 rings (SSSR count). The number of rotatable bonds is 8. The minimum absolute atomic E-state index is 0.180. The highest BCUT2D eigenvalue weighted by atomic mass is 16.6. The molecule has 1 amide bonds. The molecule has 3 N–H and O–H groups in total. The molecule has 2 aliphatic carbocycles. The largest absolute Gasteiger partial charge is 0.473 e. The van der Waals surface area contributed by atoms with Crippen LogP contribution in [0.3, 0.4) is 0 Å². The summed E-state index contributed by atoms with van der Waals surface area (Å²) in [6.45, 7) is 5.43. The Bertz CT molecular complexity index is 1230. The van der Waals surface area contributed by atoms with E-state index in [2.05, 4.69) is 20.7 Å². The molecule has 11 nitrogen and oxygen atoms in total. The number of aliphatic hydroxyl groups excluding tert-OH is 1. The topological polar surface area (TPSA) is 126 Å². The second kappa shape index (κ2) is 8.97. The predicted octanol–water partition coefficient (Wildman–Crippen LogP) is 3.52. The zero-order valence-electron chi connectivity index (χ0n) is 20.4. The molecule has 0 saturated heterocycles. The molecular weight excluding hydrogens is 450 g/mol. The summed E-state index contributed by atoms with van der Waals surface area (Å²) in [4.78, 5) is 23.3. The third kappa shape index (κ3) is 5.46. The molecule has 3 aromatic heterocycles. The minimum Gasteiger partial charge on any atom is -0.473 e. The average molecular weight is 482 g/mol. The van der Waals surface area contributed by atoms with Crippen molar-refractivity contribution >= 4 is 29.1 Å². The Hall–Kier alpha value is -3.44. The van der Waals surface area contributed by atoms with Crippen LogP contribution < -0.4 is 20.3 Å². The number of hydrogen-bond donors (Lipinski definition) is 3. The molecule has 0 bridgehead atoms. The fourth-order valence-corrected chi connectivity index (χ4v) is 3.51. The number of aromatic nitrogens is 4. The number of nitrogens with one attached hydrogen (secondary N) is 2. The van der Waals surface area contributed by atoms with Crippen molar-refractivity contribution in [2.24, 2.45) is 0 Å². The van der Waals surface area contributed by atoms with Gasteiger partial charge in [0.15, 0.2) is 5.65 Å². The number of ether oxygens (including phenoxy) is 2. The summed E-state index contributed by atoms with van der Waals surface area (Å²) in [6.07, 6.45) is 6.01. The van der Waals surface area contributed by atoms with Crippen LogP contribution in [0, 0.1) is 0 Å². The Labute approximate surface area is 203 Å². The average Bonchev–Trinajstić information content (AvgIpc) is 3.73. The van der Waals surface area contributed by atoms with E-state index in [0.717, 1.165) is 25.7 Å². The molecule has 2 fully saturated rings. The number of hydrogen-bond acceptors (Lipinski definition) is 9. The van der Waals surface area contributed by atoms with Gasteiger partial charge in [0, 0.05) is 25.4 Å². The molecule has 0 aromatic carbocycles. The molecule has 1 unspecified atom stereocenters. The van der Waals surface area contributed by atoms with Gasteiger partial charge >= 0.3 is 6.09 Å². The fourth-order valence-electron chi connectivity index (χ4n) is 3.51. The summed E-state index contributed by atoms with van der Waals surface area (Å²) in [5.74, 6) is 1.35. The van der Waals surface area contributed by atoms with E-state index >= 15 is 0 Å². The van der Waals surface area contributed by atoms with Gasteiger partial charge in [0.25, 0.3) is 0 Å². The molecule has 11 heteroatoms. The number of carbonyl (C=O) groups is 1. The molecule has 35 heavy (non-hydrogen) atoms. The Balaban J connectivity index is 1.53. The standard InChI is InChI=1S/C24H31N7O4/c1-24(2,3)35-23(33)30(4)19-12-18(28-17-6-5-11-25-22(17)34-15-9-10-15)29-20-16(13-26-31(19)20)21(32)27-14-7-8-14/h5-6,11-15,21,27,32H,7-10H2,1-4H3,(H,28,29). The second-order valence-electron chi connectivity index (χ2n) is 10.0. The van der Waals surface area contributed by atoms with Crippen LogP contribution in [0.1, 0.15) is 58.2 Å². The molecule has 0 radical (unpaired) electrons. The lowest BCUT2D eigenvalue weighted by molar-refractivity contribution is 0.0587. The van der Waals surface area contributed by atoms with Gasteiger partial charge in [-0.2, -0.15) is 9.61 Å². The zero-order valence-corrected chi connectivity index (χ0v) is 20.4. The maximum absolute atomic E-state index is 12.9. The van der Waals surface area contributed by atoms with Gasteiger partial charge in [-0.15, -0.1) is 0 Å². The molecule has 0 aliphatic heterocycles. The van der Waals surface area contributed by atoms with Crippen LogP contribution in [0.4, 0.5) is 22.1 Å². The minimum atomic E-state index is -0.936. The van der Waals surface area contributed by atoms with Gasteiger partial charge in [0.1, 0.15) is 35.3 Å². The maximum atomic E-state index is 12.9. The van der Waals surface area contributed by atoms with Gasteiger partial charge in [0.2, 0.25) is 5.88 Å². The van der Waals surface area contributed by atoms with Crippen LogP contribution in [0.25, 0.3) is 5.65 Å². The Morgan fingerprint density at radius 2 is 2.06 bits per heavy atom. The highest BCUT2D eigenvalue weighted by Crippen LogP contribution is 2.33. The van der Waals surface area contributed by atoms with Crippen molar-refractivity contribution < 1.29 is 19.4 Å². The number of aliphatic hydroxyl groups is 1. The van der Waals surface area contributed by atoms with Crippen LogP contribution in [-0.2, 0) is 4.74 Å². The number of fused-ring (bicyclic) bond motifs is 1. The summed E-state index contributed by atoms with van der Waals surface area (Å²) < 4.78 is 13.0. The van der Waals surface area contributed by atoms with E-state index in [1.54, 1.807) is 25.5 Å². The lowest BCUT2D eigenvalue weighted by Crippen LogP contribution is -2.35. The van der Waals surface area contributed by atoms with Gasteiger partial charge in [0.05, 0.1) is 11.8 Å². The second-order valence-corrected chi connectivity index (χ2v) is 10.0. The SMILES string of the molecule is CN(C(=O)OC(C)(C)C)c1cc(Nc2cccnc2OC2CC2)nc2c(C(O)NC3CC3)cnn12. The highest BCUT2D eigenvalue weighted by Gasteiger charge is 2.29. The van der Waals surface area contributed by atoms with Crippen molar-refractivity contribution in [3.63, 3.8) is 0 Å². The van der Waals surface area contributed by atoms with E-state index in [0.29, 0.717) is 34.4 Å². The maximum Gasteiger partial charge on any atom is 0.415 e. The first-order valence-electron chi connectivity index (χ1n) is 11.9. The molecule has 1 atom stereocenters. The van der Waals surface area contributed by atoms with Crippen LogP contribution in [-0.4, -0.2) is 55.6 Å². The zero-order chi connectivity index (χ0) is 24.7. The van der Waals surface area contributed by atoms with Gasteiger partial charge in [-0.05, 0) is 58.6 Å². The summed E-state index contributed by atoms with van der Waals surface area (Å²) in [6, 6.07) is 5.64. The van der Waals surface area contributed by atoms with Crippen molar-refractivity contribution in [2.75, 3.05) is 17.3 Å². The smallest absolute Gasteiger partial charge is 0.415 e. The van der Waals surface area contributed by atoms with E-state index in [-0.39, 0.29) is 12.1 Å². The Morgan fingerprint density at radius 1 is 1.29 bits per heavy atom. The first-order chi connectivity index (χ1) is 16.7. The van der Waals surface area contributed by atoms with Crippen LogP contribution in [0.2, 0.25) is 0 Å². The number of nitrogens with zero attached hydrogens (tertiary/aromatic N) is 5. The first kappa shape index (κ1) is 23.3. The van der Waals surface area contributed by atoms with Crippen molar-refractivity contribution in [3.8, 4) is 5.88 Å².